The molecule has 29 heavy (non-hydrogen) atoms. The molecule has 0 aliphatic carbocycles. The minimum Gasteiger partial charge on any atom is -0.493 e. The van der Waals surface area contributed by atoms with Crippen molar-refractivity contribution in [1.82, 2.24) is 14.3 Å². The van der Waals surface area contributed by atoms with E-state index in [2.05, 4.69) is 19.2 Å². The first-order chi connectivity index (χ1) is 13.7. The number of carbonyl (C=O) groups excluding carboxylic acids is 1. The fraction of sp³-hybridized carbons (Fsp3) is 0.350. The zero-order valence-electron chi connectivity index (χ0n) is 17.4. The van der Waals surface area contributed by atoms with Crippen molar-refractivity contribution in [2.45, 2.75) is 13.8 Å². The summed E-state index contributed by atoms with van der Waals surface area (Å²) in [4.78, 5) is 12.0. The Balaban J connectivity index is 0.000000749. The Morgan fingerprint density at radius 3 is 1.97 bits per heavy atom. The van der Waals surface area contributed by atoms with Crippen molar-refractivity contribution in [3.05, 3.63) is 54.1 Å². The maximum Gasteiger partial charge on any atom is 0.303 e. The van der Waals surface area contributed by atoms with Crippen LogP contribution in [0.2, 0.25) is 0 Å². The van der Waals surface area contributed by atoms with E-state index in [4.69, 9.17) is 9.47 Å². The molecule has 0 saturated carbocycles. The predicted molar refractivity (Wildman–Crippen MR) is 114 cm³/mol. The topological polar surface area (TPSA) is 97.0 Å². The number of ether oxygens (including phenoxy) is 2. The van der Waals surface area contributed by atoms with Gasteiger partial charge < -0.3 is 14.8 Å². The highest BCUT2D eigenvalue weighted by atomic mass is 32.2. The first-order valence-corrected chi connectivity index (χ1v) is 10.5. The average Bonchev–Trinajstić information content (AvgIpc) is 2.69. The van der Waals surface area contributed by atoms with Crippen LogP contribution in [0.1, 0.15) is 24.2 Å². The van der Waals surface area contributed by atoms with Crippen molar-refractivity contribution in [3.8, 4) is 17.2 Å². The molecule has 0 saturated heterocycles. The lowest BCUT2D eigenvalue weighted by atomic mass is 10.2. The van der Waals surface area contributed by atoms with Gasteiger partial charge in [-0.05, 0) is 49.5 Å². The Hall–Kier alpha value is -2.62. The third kappa shape index (κ3) is 8.10. The first-order valence-electron chi connectivity index (χ1n) is 9.11. The molecule has 0 spiro atoms. The number of hydrogen-bond donors (Lipinski definition) is 2. The Labute approximate surface area is 173 Å². The van der Waals surface area contributed by atoms with Gasteiger partial charge in [0.05, 0.1) is 7.11 Å². The number of para-hydroxylation sites is 2. The molecule has 8 nitrogen and oxygen atoms in total. The summed E-state index contributed by atoms with van der Waals surface area (Å²) in [5.74, 6) is 0.892. The number of nitrogens with zero attached hydrogens (tertiary/aromatic N) is 1. The minimum absolute atomic E-state index is 0.202. The Morgan fingerprint density at radius 1 is 0.966 bits per heavy atom. The Kier molecular flexibility index (Phi) is 10.1. The van der Waals surface area contributed by atoms with Gasteiger partial charge in [-0.25, -0.2) is 4.72 Å². The molecule has 0 aliphatic heterocycles. The number of nitrogens with one attached hydrogen (secondary N) is 2. The van der Waals surface area contributed by atoms with Gasteiger partial charge in [-0.1, -0.05) is 26.0 Å². The van der Waals surface area contributed by atoms with E-state index in [1.165, 1.54) is 26.2 Å². The van der Waals surface area contributed by atoms with E-state index in [0.29, 0.717) is 17.2 Å². The molecule has 2 aromatic rings. The monoisotopic (exact) mass is 423 g/mol. The number of amides is 1. The molecule has 0 aromatic heterocycles. The Morgan fingerprint density at radius 2 is 1.52 bits per heavy atom. The SMILES string of the molecule is CCNCC.COc1ccccc1Oc1ccc(C(=O)NS(=O)(=O)N(C)C)cc1. The van der Waals surface area contributed by atoms with Crippen molar-refractivity contribution in [2.75, 3.05) is 34.3 Å². The van der Waals surface area contributed by atoms with Crippen LogP contribution in [0.15, 0.2) is 48.5 Å². The van der Waals surface area contributed by atoms with Crippen LogP contribution in [0.3, 0.4) is 0 Å². The van der Waals surface area contributed by atoms with Gasteiger partial charge >= 0.3 is 10.2 Å². The van der Waals surface area contributed by atoms with E-state index in [0.717, 1.165) is 17.4 Å². The molecule has 9 heteroatoms. The number of benzene rings is 2. The van der Waals surface area contributed by atoms with Crippen LogP contribution >= 0.6 is 0 Å². The summed E-state index contributed by atoms with van der Waals surface area (Å²) in [6, 6.07) is 13.3. The van der Waals surface area contributed by atoms with E-state index in [1.807, 2.05) is 16.9 Å². The Bertz CT molecular complexity index is 866. The summed E-state index contributed by atoms with van der Waals surface area (Å²) in [5, 5.41) is 3.11. The van der Waals surface area contributed by atoms with Gasteiger partial charge in [0, 0.05) is 19.7 Å². The normalized spacial score (nSPS) is 10.7. The molecule has 2 rings (SSSR count). The molecule has 0 radical (unpaired) electrons. The van der Waals surface area contributed by atoms with Crippen molar-refractivity contribution in [2.24, 2.45) is 0 Å². The fourth-order valence-corrected chi connectivity index (χ4v) is 2.56. The van der Waals surface area contributed by atoms with Gasteiger partial charge in [0.15, 0.2) is 11.5 Å². The predicted octanol–water partition coefficient (Wildman–Crippen LogP) is 2.64. The van der Waals surface area contributed by atoms with Crippen LogP contribution in [0.4, 0.5) is 0 Å². The maximum atomic E-state index is 12.0. The van der Waals surface area contributed by atoms with Crippen molar-refractivity contribution in [3.63, 3.8) is 0 Å². The third-order valence-electron chi connectivity index (χ3n) is 3.62. The molecule has 0 unspecified atom stereocenters. The molecule has 1 amide bonds. The first kappa shape index (κ1) is 24.4. The summed E-state index contributed by atoms with van der Waals surface area (Å²) in [6.07, 6.45) is 0. The molecule has 0 fully saturated rings. The van der Waals surface area contributed by atoms with Crippen molar-refractivity contribution >= 4 is 16.1 Å². The van der Waals surface area contributed by atoms with Gasteiger partial charge in [-0.2, -0.15) is 12.7 Å². The van der Waals surface area contributed by atoms with Gasteiger partial charge in [0.1, 0.15) is 5.75 Å². The molecule has 2 aromatic carbocycles. The molecule has 0 aliphatic rings. The lowest BCUT2D eigenvalue weighted by molar-refractivity contribution is 0.0979. The number of methoxy groups -OCH3 is 1. The van der Waals surface area contributed by atoms with Crippen molar-refractivity contribution < 1.29 is 22.7 Å². The molecule has 160 valence electrons. The largest absolute Gasteiger partial charge is 0.493 e. The molecular weight excluding hydrogens is 394 g/mol. The summed E-state index contributed by atoms with van der Waals surface area (Å²) in [7, 11) is 0.381. The van der Waals surface area contributed by atoms with Crippen molar-refractivity contribution in [1.29, 1.82) is 0 Å². The quantitative estimate of drug-likeness (QED) is 0.678. The zero-order valence-corrected chi connectivity index (χ0v) is 18.2. The van der Waals surface area contributed by atoms with Crippen LogP contribution in [0.25, 0.3) is 0 Å². The number of carbonyl (C=O) groups is 1. The summed E-state index contributed by atoms with van der Waals surface area (Å²) >= 11 is 0. The average molecular weight is 424 g/mol. The van der Waals surface area contributed by atoms with Crippen LogP contribution in [0.5, 0.6) is 17.2 Å². The number of rotatable bonds is 8. The van der Waals surface area contributed by atoms with Crippen LogP contribution < -0.4 is 19.5 Å². The molecule has 0 bridgehead atoms. The van der Waals surface area contributed by atoms with Gasteiger partial charge in [0.2, 0.25) is 0 Å². The van der Waals surface area contributed by atoms with Gasteiger partial charge in [-0.15, -0.1) is 0 Å². The molecule has 0 atom stereocenters. The zero-order chi connectivity index (χ0) is 21.9. The second kappa shape index (κ2) is 12.1. The fourth-order valence-electron chi connectivity index (χ4n) is 2.02. The summed E-state index contributed by atoms with van der Waals surface area (Å²) in [6.45, 7) is 6.39. The van der Waals surface area contributed by atoms with E-state index < -0.39 is 16.1 Å². The second-order valence-electron chi connectivity index (χ2n) is 5.95. The van der Waals surface area contributed by atoms with Crippen LogP contribution in [-0.2, 0) is 10.2 Å². The standard InChI is InChI=1S/C16H18N2O5S.C4H11N/c1-18(2)24(20,21)17-16(19)12-8-10-13(11-9-12)23-15-7-5-4-6-14(15)22-3;1-3-5-4-2/h4-11H,1-3H3,(H,17,19);5H,3-4H2,1-2H3. The maximum absolute atomic E-state index is 12.0. The smallest absolute Gasteiger partial charge is 0.303 e. The molecule has 0 heterocycles. The highest BCUT2D eigenvalue weighted by Crippen LogP contribution is 2.30. The summed E-state index contributed by atoms with van der Waals surface area (Å²) < 4.78 is 37.1. The van der Waals surface area contributed by atoms with Gasteiger partial charge in [0.25, 0.3) is 5.91 Å². The van der Waals surface area contributed by atoms with Gasteiger partial charge in [-0.3, -0.25) is 4.79 Å². The number of hydrogen-bond acceptors (Lipinski definition) is 6. The lowest BCUT2D eigenvalue weighted by Gasteiger charge is -2.13. The van der Waals surface area contributed by atoms with E-state index in [1.54, 1.807) is 31.4 Å². The molecular formula is C20H29N3O5S. The second-order valence-corrected chi connectivity index (χ2v) is 7.84. The van der Waals surface area contributed by atoms with E-state index in [-0.39, 0.29) is 5.56 Å². The summed E-state index contributed by atoms with van der Waals surface area (Å²) in [5.41, 5.74) is 0.202. The highest BCUT2D eigenvalue weighted by Gasteiger charge is 2.18. The lowest BCUT2D eigenvalue weighted by Crippen LogP contribution is -2.39. The van der Waals surface area contributed by atoms with Crippen LogP contribution in [0, 0.1) is 0 Å². The minimum atomic E-state index is -3.83. The molecule has 2 N–H and O–H groups in total. The van der Waals surface area contributed by atoms with E-state index in [9.17, 15) is 13.2 Å². The third-order valence-corrected chi connectivity index (χ3v) is 5.02. The highest BCUT2D eigenvalue weighted by molar-refractivity contribution is 7.87. The van der Waals surface area contributed by atoms with Crippen LogP contribution in [-0.4, -0.2) is 52.9 Å². The van der Waals surface area contributed by atoms with E-state index >= 15 is 0 Å².